The van der Waals surface area contributed by atoms with Gasteiger partial charge in [-0.05, 0) is 43.3 Å². The molecule has 0 heterocycles. The fraction of sp³-hybridized carbons (Fsp3) is 0.250. The monoisotopic (exact) mass is 256 g/mol. The molecule has 0 bridgehead atoms. The Kier molecular flexibility index (Phi) is 4.67. The number of hydrogen-bond acceptors (Lipinski definition) is 3. The number of likely N-dealkylation sites (N-methyl/N-ethyl adjacent to an activating group) is 1. The molecular weight excluding hydrogens is 236 g/mol. The van der Waals surface area contributed by atoms with E-state index in [0.29, 0.717) is 6.61 Å². The first kappa shape index (κ1) is 13.3. The van der Waals surface area contributed by atoms with Crippen LogP contribution in [0.1, 0.15) is 6.92 Å². The van der Waals surface area contributed by atoms with Crippen molar-refractivity contribution in [2.75, 3.05) is 30.3 Å². The molecule has 2 N–H and O–H groups in total. The fourth-order valence-corrected chi connectivity index (χ4v) is 1.95. The third-order valence-corrected chi connectivity index (χ3v) is 3.01. The van der Waals surface area contributed by atoms with Crippen LogP contribution < -0.4 is 15.4 Å². The molecule has 2 aromatic carbocycles. The Hall–Kier alpha value is -2.16. The van der Waals surface area contributed by atoms with E-state index in [2.05, 4.69) is 11.8 Å². The maximum absolute atomic E-state index is 5.72. The quantitative estimate of drug-likeness (QED) is 0.807. The first-order chi connectivity index (χ1) is 9.29. The largest absolute Gasteiger partial charge is 0.492 e. The lowest BCUT2D eigenvalue weighted by molar-refractivity contribution is 0.324. The van der Waals surface area contributed by atoms with Crippen molar-refractivity contribution in [3.8, 4) is 5.75 Å². The van der Waals surface area contributed by atoms with Crippen LogP contribution in [0.15, 0.2) is 54.6 Å². The van der Waals surface area contributed by atoms with Crippen LogP contribution in [0.4, 0.5) is 11.4 Å². The highest BCUT2D eigenvalue weighted by atomic mass is 16.5. The Morgan fingerprint density at radius 3 is 2.32 bits per heavy atom. The highest BCUT2D eigenvalue weighted by Gasteiger charge is 2.04. The molecule has 0 saturated heterocycles. The van der Waals surface area contributed by atoms with E-state index < -0.39 is 0 Å². The molecule has 0 saturated carbocycles. The average Bonchev–Trinajstić information content (AvgIpc) is 2.46. The van der Waals surface area contributed by atoms with Crippen LogP contribution >= 0.6 is 0 Å². The zero-order valence-corrected chi connectivity index (χ0v) is 11.3. The summed E-state index contributed by atoms with van der Waals surface area (Å²) in [6, 6.07) is 17.8. The molecule has 2 aromatic rings. The van der Waals surface area contributed by atoms with Gasteiger partial charge in [0.2, 0.25) is 0 Å². The van der Waals surface area contributed by atoms with Gasteiger partial charge in [0.15, 0.2) is 0 Å². The lowest BCUT2D eigenvalue weighted by Crippen LogP contribution is -2.27. The van der Waals surface area contributed by atoms with Crippen LogP contribution in [0.5, 0.6) is 5.75 Å². The van der Waals surface area contributed by atoms with Gasteiger partial charge in [0.1, 0.15) is 12.4 Å². The van der Waals surface area contributed by atoms with Crippen LogP contribution in [0.25, 0.3) is 0 Å². The second-order valence-electron chi connectivity index (χ2n) is 4.33. The Bertz CT molecular complexity index is 482. The van der Waals surface area contributed by atoms with Crippen LogP contribution in [0, 0.1) is 0 Å². The molecule has 0 unspecified atom stereocenters. The summed E-state index contributed by atoms with van der Waals surface area (Å²) in [5, 5.41) is 0. The van der Waals surface area contributed by atoms with Gasteiger partial charge >= 0.3 is 0 Å². The molecule has 0 aliphatic rings. The number of para-hydroxylation sites is 1. The molecular formula is C16H20N2O. The van der Waals surface area contributed by atoms with E-state index in [-0.39, 0.29) is 0 Å². The number of nitrogen functional groups attached to an aromatic ring is 1. The third-order valence-electron chi connectivity index (χ3n) is 3.01. The van der Waals surface area contributed by atoms with Crippen molar-refractivity contribution in [1.29, 1.82) is 0 Å². The molecule has 0 amide bonds. The van der Waals surface area contributed by atoms with Gasteiger partial charge in [-0.1, -0.05) is 18.2 Å². The van der Waals surface area contributed by atoms with Gasteiger partial charge in [0.25, 0.3) is 0 Å². The summed E-state index contributed by atoms with van der Waals surface area (Å²) in [4.78, 5) is 2.27. The van der Waals surface area contributed by atoms with Crippen molar-refractivity contribution in [2.24, 2.45) is 0 Å². The molecule has 0 aliphatic heterocycles. The summed E-state index contributed by atoms with van der Waals surface area (Å²) in [5.41, 5.74) is 7.67. The lowest BCUT2D eigenvalue weighted by atomic mass is 10.2. The summed E-state index contributed by atoms with van der Waals surface area (Å²) in [7, 11) is 0. The minimum absolute atomic E-state index is 0.669. The fourth-order valence-electron chi connectivity index (χ4n) is 1.95. The van der Waals surface area contributed by atoms with Crippen LogP contribution in [-0.2, 0) is 0 Å². The van der Waals surface area contributed by atoms with Crippen molar-refractivity contribution in [3.63, 3.8) is 0 Å². The number of hydrogen-bond donors (Lipinski definition) is 1. The van der Waals surface area contributed by atoms with Crippen LogP contribution in [-0.4, -0.2) is 19.7 Å². The molecule has 0 fully saturated rings. The van der Waals surface area contributed by atoms with E-state index in [4.69, 9.17) is 10.5 Å². The predicted molar refractivity (Wildman–Crippen MR) is 80.7 cm³/mol. The third kappa shape index (κ3) is 3.91. The molecule has 0 aliphatic carbocycles. The summed E-state index contributed by atoms with van der Waals surface area (Å²) in [5.74, 6) is 0.913. The number of nitrogens with zero attached hydrogens (tertiary/aromatic N) is 1. The van der Waals surface area contributed by atoms with E-state index in [1.165, 1.54) is 5.69 Å². The van der Waals surface area contributed by atoms with E-state index in [9.17, 15) is 0 Å². The SMILES string of the molecule is CCN(CCOc1ccccc1)c1ccc(N)cc1. The number of nitrogens with two attached hydrogens (primary N) is 1. The Balaban J connectivity index is 1.87. The highest BCUT2D eigenvalue weighted by molar-refractivity contribution is 5.53. The molecule has 3 nitrogen and oxygen atoms in total. The van der Waals surface area contributed by atoms with Gasteiger partial charge in [-0.25, -0.2) is 0 Å². The second-order valence-corrected chi connectivity index (χ2v) is 4.33. The summed E-state index contributed by atoms with van der Waals surface area (Å²) >= 11 is 0. The van der Waals surface area contributed by atoms with Crippen molar-refractivity contribution in [2.45, 2.75) is 6.92 Å². The van der Waals surface area contributed by atoms with Gasteiger partial charge in [0, 0.05) is 17.9 Å². The zero-order chi connectivity index (χ0) is 13.5. The predicted octanol–water partition coefficient (Wildman–Crippen LogP) is 3.17. The van der Waals surface area contributed by atoms with Gasteiger partial charge in [-0.2, -0.15) is 0 Å². The van der Waals surface area contributed by atoms with Gasteiger partial charge in [0.05, 0.1) is 6.54 Å². The average molecular weight is 256 g/mol. The summed E-state index contributed by atoms with van der Waals surface area (Å²) in [6.07, 6.45) is 0. The second kappa shape index (κ2) is 6.69. The van der Waals surface area contributed by atoms with Crippen LogP contribution in [0.2, 0.25) is 0 Å². The molecule has 0 spiro atoms. The van der Waals surface area contributed by atoms with E-state index in [1.807, 2.05) is 54.6 Å². The van der Waals surface area contributed by atoms with Gasteiger partial charge in [-0.15, -0.1) is 0 Å². The molecule has 0 radical (unpaired) electrons. The van der Waals surface area contributed by atoms with Crippen molar-refractivity contribution >= 4 is 11.4 Å². The van der Waals surface area contributed by atoms with E-state index in [0.717, 1.165) is 24.5 Å². The molecule has 19 heavy (non-hydrogen) atoms. The van der Waals surface area contributed by atoms with Crippen molar-refractivity contribution in [1.82, 2.24) is 0 Å². The first-order valence-electron chi connectivity index (χ1n) is 6.58. The number of ether oxygens (including phenoxy) is 1. The van der Waals surface area contributed by atoms with Gasteiger partial charge in [-0.3, -0.25) is 0 Å². The smallest absolute Gasteiger partial charge is 0.119 e. The highest BCUT2D eigenvalue weighted by Crippen LogP contribution is 2.16. The lowest BCUT2D eigenvalue weighted by Gasteiger charge is -2.23. The Morgan fingerprint density at radius 2 is 1.68 bits per heavy atom. The Morgan fingerprint density at radius 1 is 1.00 bits per heavy atom. The standard InChI is InChI=1S/C16H20N2O/c1-2-18(15-10-8-14(17)9-11-15)12-13-19-16-6-4-3-5-7-16/h3-11H,2,12-13,17H2,1H3. The normalized spacial score (nSPS) is 10.2. The minimum atomic E-state index is 0.669. The maximum atomic E-state index is 5.72. The van der Waals surface area contributed by atoms with E-state index in [1.54, 1.807) is 0 Å². The Labute approximate surface area is 114 Å². The number of anilines is 2. The molecule has 2 rings (SSSR count). The summed E-state index contributed by atoms with van der Waals surface area (Å²) in [6.45, 7) is 4.61. The topological polar surface area (TPSA) is 38.5 Å². The molecule has 100 valence electrons. The number of rotatable bonds is 6. The number of benzene rings is 2. The van der Waals surface area contributed by atoms with Crippen molar-refractivity contribution < 1.29 is 4.74 Å². The van der Waals surface area contributed by atoms with Crippen LogP contribution in [0.3, 0.4) is 0 Å². The van der Waals surface area contributed by atoms with Crippen molar-refractivity contribution in [3.05, 3.63) is 54.6 Å². The minimum Gasteiger partial charge on any atom is -0.492 e. The summed E-state index contributed by atoms with van der Waals surface area (Å²) < 4.78 is 5.72. The molecule has 3 heteroatoms. The maximum Gasteiger partial charge on any atom is 0.119 e. The molecule has 0 aromatic heterocycles. The molecule has 0 atom stereocenters. The van der Waals surface area contributed by atoms with Gasteiger partial charge < -0.3 is 15.4 Å². The first-order valence-corrected chi connectivity index (χ1v) is 6.58. The van der Waals surface area contributed by atoms with E-state index >= 15 is 0 Å². The zero-order valence-electron chi connectivity index (χ0n) is 11.3.